The summed E-state index contributed by atoms with van der Waals surface area (Å²) in [6.45, 7) is 2.16. The third-order valence-electron chi connectivity index (χ3n) is 3.21. The van der Waals surface area contributed by atoms with Crippen LogP contribution < -0.4 is 10.6 Å². The molecular weight excluding hydrogens is 162 g/mol. The molecule has 2 aliphatic heterocycles. The smallest absolute Gasteiger partial charge is 0.0578 e. The van der Waals surface area contributed by atoms with Crippen LogP contribution in [0.2, 0.25) is 0 Å². The fourth-order valence-corrected chi connectivity index (χ4v) is 2.47. The molecule has 2 saturated heterocycles. The molecule has 3 heterocycles. The predicted molar refractivity (Wildman–Crippen MR) is 50.3 cm³/mol. The normalized spacial score (nSPS) is 36.8. The van der Waals surface area contributed by atoms with Crippen molar-refractivity contribution in [3.8, 4) is 0 Å². The zero-order valence-corrected chi connectivity index (χ0v) is 7.46. The lowest BCUT2D eigenvalue weighted by molar-refractivity contribution is 0.392. The summed E-state index contributed by atoms with van der Waals surface area (Å²) in [5.41, 5.74) is 1.57. The van der Waals surface area contributed by atoms with E-state index in [9.17, 15) is 0 Å². The number of rotatable bonds is 1. The second kappa shape index (κ2) is 2.53. The van der Waals surface area contributed by atoms with E-state index >= 15 is 0 Å². The number of piperazine rings is 1. The van der Waals surface area contributed by atoms with Gasteiger partial charge in [0.2, 0.25) is 0 Å². The number of pyridine rings is 1. The largest absolute Gasteiger partial charge is 0.310 e. The first-order valence-corrected chi connectivity index (χ1v) is 4.78. The van der Waals surface area contributed by atoms with Crippen LogP contribution in [0, 0.1) is 0 Å². The average molecular weight is 175 g/mol. The highest BCUT2D eigenvalue weighted by atomic mass is 15.2. The van der Waals surface area contributed by atoms with Crippen LogP contribution in [-0.2, 0) is 5.54 Å². The van der Waals surface area contributed by atoms with Crippen molar-refractivity contribution >= 4 is 0 Å². The summed E-state index contributed by atoms with van der Waals surface area (Å²) in [7, 11) is 0. The molecule has 2 unspecified atom stereocenters. The van der Waals surface area contributed by atoms with E-state index in [0.29, 0.717) is 6.04 Å². The van der Waals surface area contributed by atoms with Crippen LogP contribution in [0.5, 0.6) is 0 Å². The Balaban J connectivity index is 2.00. The van der Waals surface area contributed by atoms with Gasteiger partial charge in [-0.1, -0.05) is 0 Å². The third-order valence-corrected chi connectivity index (χ3v) is 3.21. The molecule has 2 fully saturated rings. The van der Waals surface area contributed by atoms with Crippen molar-refractivity contribution in [2.45, 2.75) is 18.0 Å². The van der Waals surface area contributed by atoms with Crippen molar-refractivity contribution in [1.82, 2.24) is 15.6 Å². The Morgan fingerprint density at radius 2 is 2.23 bits per heavy atom. The number of nitrogens with zero attached hydrogens (tertiary/aromatic N) is 1. The number of hydrogen-bond donors (Lipinski definition) is 2. The number of nitrogens with one attached hydrogen (secondary N) is 2. The Morgan fingerprint density at radius 3 is 2.77 bits per heavy atom. The summed E-state index contributed by atoms with van der Waals surface area (Å²) in [5.74, 6) is 0. The van der Waals surface area contributed by atoms with Gasteiger partial charge in [0.05, 0.1) is 5.54 Å². The molecule has 0 aliphatic carbocycles. The van der Waals surface area contributed by atoms with E-state index in [1.165, 1.54) is 12.0 Å². The zero-order chi connectivity index (χ0) is 8.73. The van der Waals surface area contributed by atoms with Gasteiger partial charge >= 0.3 is 0 Å². The SMILES string of the molecule is c1cc(C23CNC(CN2)C3)ccn1. The summed E-state index contributed by atoms with van der Waals surface area (Å²) < 4.78 is 0. The van der Waals surface area contributed by atoms with Crippen molar-refractivity contribution in [1.29, 1.82) is 0 Å². The number of aromatic nitrogens is 1. The topological polar surface area (TPSA) is 37.0 Å². The molecule has 3 rings (SSSR count). The van der Waals surface area contributed by atoms with E-state index in [0.717, 1.165) is 13.1 Å². The lowest BCUT2D eigenvalue weighted by Gasteiger charge is -2.28. The summed E-state index contributed by atoms with van der Waals surface area (Å²) in [4.78, 5) is 4.05. The van der Waals surface area contributed by atoms with Gasteiger partial charge in [-0.15, -0.1) is 0 Å². The second-order valence-corrected chi connectivity index (χ2v) is 3.98. The molecule has 0 aromatic carbocycles. The van der Waals surface area contributed by atoms with Gasteiger partial charge in [-0.25, -0.2) is 0 Å². The lowest BCUT2D eigenvalue weighted by Crippen LogP contribution is -2.47. The van der Waals surface area contributed by atoms with Crippen LogP contribution in [0.15, 0.2) is 24.5 Å². The van der Waals surface area contributed by atoms with Crippen molar-refractivity contribution in [3.63, 3.8) is 0 Å². The van der Waals surface area contributed by atoms with Crippen LogP contribution in [0.4, 0.5) is 0 Å². The van der Waals surface area contributed by atoms with Gasteiger partial charge in [0, 0.05) is 31.5 Å². The molecule has 2 aliphatic rings. The van der Waals surface area contributed by atoms with Crippen LogP contribution in [0.25, 0.3) is 0 Å². The molecule has 2 bridgehead atoms. The van der Waals surface area contributed by atoms with E-state index in [1.807, 2.05) is 12.4 Å². The molecule has 68 valence electrons. The molecule has 0 saturated carbocycles. The molecule has 13 heavy (non-hydrogen) atoms. The number of hydrogen-bond acceptors (Lipinski definition) is 3. The first-order valence-electron chi connectivity index (χ1n) is 4.78. The Labute approximate surface area is 77.6 Å². The minimum Gasteiger partial charge on any atom is -0.310 e. The summed E-state index contributed by atoms with van der Waals surface area (Å²) in [6.07, 6.45) is 4.96. The fraction of sp³-hybridized carbons (Fsp3) is 0.500. The lowest BCUT2D eigenvalue weighted by atomic mass is 9.91. The standard InChI is InChI=1S/C10H13N3/c1-3-11-4-2-8(1)10-5-9(6-13-10)12-7-10/h1-4,9,12-13H,5-7H2. The van der Waals surface area contributed by atoms with Crippen molar-refractivity contribution in [3.05, 3.63) is 30.1 Å². The van der Waals surface area contributed by atoms with Crippen molar-refractivity contribution in [2.24, 2.45) is 0 Å². The van der Waals surface area contributed by atoms with E-state index in [-0.39, 0.29) is 5.54 Å². The first kappa shape index (κ1) is 7.47. The minimum absolute atomic E-state index is 0.202. The van der Waals surface area contributed by atoms with Crippen LogP contribution in [0.1, 0.15) is 12.0 Å². The highest BCUT2D eigenvalue weighted by molar-refractivity contribution is 5.27. The van der Waals surface area contributed by atoms with Crippen LogP contribution in [0.3, 0.4) is 0 Å². The maximum Gasteiger partial charge on any atom is 0.0578 e. The van der Waals surface area contributed by atoms with Gasteiger partial charge in [0.25, 0.3) is 0 Å². The van der Waals surface area contributed by atoms with Crippen LogP contribution >= 0.6 is 0 Å². The minimum atomic E-state index is 0.202. The molecule has 0 spiro atoms. The van der Waals surface area contributed by atoms with E-state index in [2.05, 4.69) is 27.8 Å². The molecule has 3 heteroatoms. The van der Waals surface area contributed by atoms with Gasteiger partial charge in [0.1, 0.15) is 0 Å². The Bertz CT molecular complexity index is 301. The van der Waals surface area contributed by atoms with E-state index in [1.54, 1.807) is 0 Å². The molecular formula is C10H13N3. The highest BCUT2D eigenvalue weighted by Crippen LogP contribution is 2.34. The first-order chi connectivity index (χ1) is 6.39. The number of fused-ring (bicyclic) bond motifs is 2. The summed E-state index contributed by atoms with van der Waals surface area (Å²) >= 11 is 0. The second-order valence-electron chi connectivity index (χ2n) is 3.98. The quantitative estimate of drug-likeness (QED) is 0.642. The Morgan fingerprint density at radius 1 is 1.38 bits per heavy atom. The maximum atomic E-state index is 4.05. The summed E-state index contributed by atoms with van der Waals surface area (Å²) in [5, 5.41) is 7.11. The molecule has 3 nitrogen and oxygen atoms in total. The summed E-state index contributed by atoms with van der Waals surface area (Å²) in [6, 6.07) is 4.90. The monoisotopic (exact) mass is 175 g/mol. The van der Waals surface area contributed by atoms with Crippen molar-refractivity contribution < 1.29 is 0 Å². The van der Waals surface area contributed by atoms with Gasteiger partial charge < -0.3 is 10.6 Å². The zero-order valence-electron chi connectivity index (χ0n) is 7.46. The third kappa shape index (κ3) is 1.01. The highest BCUT2D eigenvalue weighted by Gasteiger charge is 2.45. The van der Waals surface area contributed by atoms with Crippen LogP contribution in [-0.4, -0.2) is 24.1 Å². The predicted octanol–water partition coefficient (Wildman–Crippen LogP) is 0.242. The fourth-order valence-electron chi connectivity index (χ4n) is 2.47. The molecule has 1 aromatic rings. The molecule has 0 radical (unpaired) electrons. The van der Waals surface area contributed by atoms with E-state index < -0.39 is 0 Å². The molecule has 0 amide bonds. The average Bonchev–Trinajstić information content (AvgIpc) is 2.80. The molecule has 2 atom stereocenters. The maximum absolute atomic E-state index is 4.05. The molecule has 1 aromatic heterocycles. The molecule has 2 N–H and O–H groups in total. The van der Waals surface area contributed by atoms with Gasteiger partial charge in [-0.05, 0) is 24.1 Å². The van der Waals surface area contributed by atoms with Gasteiger partial charge in [-0.3, -0.25) is 4.98 Å². The van der Waals surface area contributed by atoms with Gasteiger partial charge in [-0.2, -0.15) is 0 Å². The van der Waals surface area contributed by atoms with Gasteiger partial charge in [0.15, 0.2) is 0 Å². The van der Waals surface area contributed by atoms with E-state index in [4.69, 9.17) is 0 Å². The Kier molecular flexibility index (Phi) is 1.45. The Hall–Kier alpha value is -0.930. The van der Waals surface area contributed by atoms with Crippen molar-refractivity contribution in [2.75, 3.05) is 13.1 Å².